The van der Waals surface area contributed by atoms with Crippen LogP contribution in [-0.2, 0) is 19.2 Å². The highest BCUT2D eigenvalue weighted by Crippen LogP contribution is 2.09. The summed E-state index contributed by atoms with van der Waals surface area (Å²) in [6, 6.07) is -4.36. The lowest BCUT2D eigenvalue weighted by molar-refractivity contribution is -0.143. The number of nitrogens with one attached hydrogen (secondary N) is 3. The minimum absolute atomic E-state index is 0.0408. The Morgan fingerprint density at radius 3 is 1.84 bits per heavy atom. The lowest BCUT2D eigenvalue weighted by Gasteiger charge is -2.27. The van der Waals surface area contributed by atoms with Crippen LogP contribution < -0.4 is 27.4 Å². The highest BCUT2D eigenvalue weighted by Gasteiger charge is 2.33. The number of carbonyl (C=O) groups is 4. The summed E-state index contributed by atoms with van der Waals surface area (Å²) in [5.41, 5.74) is 11.3. The van der Waals surface area contributed by atoms with Gasteiger partial charge < -0.3 is 37.6 Å². The molecule has 9 N–H and O–H groups in total. The molecule has 0 radical (unpaired) electrons. The second kappa shape index (κ2) is 14.8. The molecular formula is C21H41N5O6. The summed E-state index contributed by atoms with van der Waals surface area (Å²) < 4.78 is 0. The highest BCUT2D eigenvalue weighted by atomic mass is 16.4. The van der Waals surface area contributed by atoms with Crippen LogP contribution in [0.4, 0.5) is 0 Å². The van der Waals surface area contributed by atoms with E-state index < -0.39 is 54.0 Å². The minimum Gasteiger partial charge on any atom is -0.480 e. The number of nitrogens with two attached hydrogens (primary N) is 2. The molecule has 11 nitrogen and oxygen atoms in total. The number of aliphatic hydroxyl groups excluding tert-OH is 1. The molecule has 0 aromatic carbocycles. The van der Waals surface area contributed by atoms with E-state index in [0.29, 0.717) is 19.4 Å². The zero-order valence-electron chi connectivity index (χ0n) is 19.8. The van der Waals surface area contributed by atoms with Crippen molar-refractivity contribution in [2.24, 2.45) is 23.3 Å². The van der Waals surface area contributed by atoms with Crippen molar-refractivity contribution in [3.63, 3.8) is 0 Å². The highest BCUT2D eigenvalue weighted by molar-refractivity contribution is 5.94. The molecule has 0 heterocycles. The van der Waals surface area contributed by atoms with E-state index in [4.69, 9.17) is 11.5 Å². The average Bonchev–Trinajstić information content (AvgIpc) is 2.68. The first-order valence-corrected chi connectivity index (χ1v) is 11.1. The first kappa shape index (κ1) is 29.8. The predicted octanol–water partition coefficient (Wildman–Crippen LogP) is -0.935. The van der Waals surface area contributed by atoms with Crippen molar-refractivity contribution in [3.05, 3.63) is 0 Å². The maximum absolute atomic E-state index is 12.9. The Hall–Kier alpha value is -2.24. The van der Waals surface area contributed by atoms with Crippen LogP contribution in [-0.4, -0.2) is 70.7 Å². The Labute approximate surface area is 190 Å². The first-order chi connectivity index (χ1) is 14.8. The van der Waals surface area contributed by atoms with E-state index in [-0.39, 0.29) is 24.7 Å². The Morgan fingerprint density at radius 1 is 0.844 bits per heavy atom. The van der Waals surface area contributed by atoms with Gasteiger partial charge in [0, 0.05) is 0 Å². The fourth-order valence-electron chi connectivity index (χ4n) is 2.94. The summed E-state index contributed by atoms with van der Waals surface area (Å²) >= 11 is 0. The Balaban J connectivity index is 5.37. The van der Waals surface area contributed by atoms with Crippen molar-refractivity contribution in [3.8, 4) is 0 Å². The van der Waals surface area contributed by atoms with Crippen LogP contribution in [0.15, 0.2) is 0 Å². The number of rotatable bonds is 15. The van der Waals surface area contributed by atoms with Gasteiger partial charge in [-0.1, -0.05) is 27.7 Å². The molecule has 0 rings (SSSR count). The van der Waals surface area contributed by atoms with Crippen LogP contribution in [0, 0.1) is 11.8 Å². The molecule has 0 aliphatic carbocycles. The maximum atomic E-state index is 12.9. The number of aliphatic carboxylic acids is 1. The molecule has 32 heavy (non-hydrogen) atoms. The standard InChI is InChI=1S/C21H41N5O6/c1-11(2)10-15(25-19(29)16(23)12(3)4)18(28)26-17(13(5)27)20(30)24-14(21(31)32)8-6-7-9-22/h11-17,27H,6-10,22-23H2,1-5H3,(H,24,30)(H,25,29)(H,26,28)(H,31,32). The van der Waals surface area contributed by atoms with Crippen molar-refractivity contribution in [2.75, 3.05) is 6.54 Å². The van der Waals surface area contributed by atoms with Gasteiger partial charge in [0.15, 0.2) is 0 Å². The Kier molecular flexibility index (Phi) is 13.7. The maximum Gasteiger partial charge on any atom is 0.326 e. The van der Waals surface area contributed by atoms with E-state index in [1.54, 1.807) is 13.8 Å². The van der Waals surface area contributed by atoms with E-state index in [1.807, 2.05) is 13.8 Å². The van der Waals surface area contributed by atoms with Crippen molar-refractivity contribution in [1.82, 2.24) is 16.0 Å². The number of aliphatic hydroxyl groups is 1. The minimum atomic E-state index is -1.40. The summed E-state index contributed by atoms with van der Waals surface area (Å²) in [6.45, 7) is 9.00. The van der Waals surface area contributed by atoms with Gasteiger partial charge in [0.05, 0.1) is 12.1 Å². The number of carboxylic acid groups (broad SMARTS) is 1. The Morgan fingerprint density at radius 2 is 1.41 bits per heavy atom. The topological polar surface area (TPSA) is 197 Å². The molecule has 0 bridgehead atoms. The molecule has 5 atom stereocenters. The molecule has 0 saturated carbocycles. The normalized spacial score (nSPS) is 16.1. The zero-order chi connectivity index (χ0) is 25.0. The van der Waals surface area contributed by atoms with Gasteiger partial charge in [0.1, 0.15) is 18.1 Å². The fraction of sp³-hybridized carbons (Fsp3) is 0.810. The SMILES string of the molecule is CC(C)CC(NC(=O)C(N)C(C)C)C(=O)NC(C(=O)NC(CCCCN)C(=O)O)C(C)O. The fourth-order valence-corrected chi connectivity index (χ4v) is 2.94. The summed E-state index contributed by atoms with van der Waals surface area (Å²) in [5, 5.41) is 26.8. The smallest absolute Gasteiger partial charge is 0.326 e. The summed E-state index contributed by atoms with van der Waals surface area (Å²) in [5.74, 6) is -3.32. The van der Waals surface area contributed by atoms with Gasteiger partial charge in [0.2, 0.25) is 17.7 Å². The van der Waals surface area contributed by atoms with Gasteiger partial charge >= 0.3 is 5.97 Å². The molecule has 0 spiro atoms. The molecule has 0 aromatic heterocycles. The van der Waals surface area contributed by atoms with Crippen LogP contribution in [0.2, 0.25) is 0 Å². The number of unbranched alkanes of at least 4 members (excludes halogenated alkanes) is 1. The zero-order valence-corrected chi connectivity index (χ0v) is 19.8. The van der Waals surface area contributed by atoms with Gasteiger partial charge in [-0.2, -0.15) is 0 Å². The lowest BCUT2D eigenvalue weighted by atomic mass is 10.00. The van der Waals surface area contributed by atoms with Gasteiger partial charge in [-0.15, -0.1) is 0 Å². The van der Waals surface area contributed by atoms with Crippen LogP contribution in [0.25, 0.3) is 0 Å². The third kappa shape index (κ3) is 10.9. The van der Waals surface area contributed by atoms with Crippen LogP contribution in [0.1, 0.15) is 60.3 Å². The number of amides is 3. The largest absolute Gasteiger partial charge is 0.480 e. The van der Waals surface area contributed by atoms with Crippen molar-refractivity contribution in [2.45, 2.75) is 90.6 Å². The molecule has 3 amide bonds. The van der Waals surface area contributed by atoms with Crippen LogP contribution >= 0.6 is 0 Å². The number of hydrogen-bond acceptors (Lipinski definition) is 7. The number of hydrogen-bond donors (Lipinski definition) is 7. The number of carboxylic acids is 1. The second-order valence-electron chi connectivity index (χ2n) is 8.87. The van der Waals surface area contributed by atoms with E-state index in [2.05, 4.69) is 16.0 Å². The van der Waals surface area contributed by atoms with Crippen LogP contribution in [0.3, 0.4) is 0 Å². The summed E-state index contributed by atoms with van der Waals surface area (Å²) in [4.78, 5) is 49.3. The van der Waals surface area contributed by atoms with Crippen LogP contribution in [0.5, 0.6) is 0 Å². The molecule has 0 aliphatic rings. The van der Waals surface area contributed by atoms with E-state index in [1.165, 1.54) is 6.92 Å². The van der Waals surface area contributed by atoms with Gasteiger partial charge in [-0.05, 0) is 51.0 Å². The summed E-state index contributed by atoms with van der Waals surface area (Å²) in [6.07, 6.45) is 0.250. The van der Waals surface area contributed by atoms with E-state index in [0.717, 1.165) is 0 Å². The average molecular weight is 460 g/mol. The lowest BCUT2D eigenvalue weighted by Crippen LogP contribution is -2.60. The molecule has 5 unspecified atom stereocenters. The van der Waals surface area contributed by atoms with E-state index in [9.17, 15) is 29.4 Å². The molecule has 0 saturated heterocycles. The van der Waals surface area contributed by atoms with Gasteiger partial charge in [-0.3, -0.25) is 14.4 Å². The third-order valence-corrected chi connectivity index (χ3v) is 4.99. The monoisotopic (exact) mass is 459 g/mol. The van der Waals surface area contributed by atoms with Crippen molar-refractivity contribution in [1.29, 1.82) is 0 Å². The van der Waals surface area contributed by atoms with Crippen molar-refractivity contribution < 1.29 is 29.4 Å². The molecule has 0 aromatic rings. The van der Waals surface area contributed by atoms with Crippen molar-refractivity contribution >= 4 is 23.7 Å². The second-order valence-corrected chi connectivity index (χ2v) is 8.87. The third-order valence-electron chi connectivity index (χ3n) is 4.99. The molecular weight excluding hydrogens is 418 g/mol. The predicted molar refractivity (Wildman–Crippen MR) is 120 cm³/mol. The molecule has 0 fully saturated rings. The summed E-state index contributed by atoms with van der Waals surface area (Å²) in [7, 11) is 0. The van der Waals surface area contributed by atoms with Gasteiger partial charge in [-0.25, -0.2) is 4.79 Å². The number of carbonyl (C=O) groups excluding carboxylic acids is 3. The quantitative estimate of drug-likeness (QED) is 0.152. The molecule has 186 valence electrons. The Bertz CT molecular complexity index is 626. The molecule has 0 aliphatic heterocycles. The first-order valence-electron chi connectivity index (χ1n) is 11.1. The molecule has 11 heteroatoms. The van der Waals surface area contributed by atoms with Gasteiger partial charge in [0.25, 0.3) is 0 Å². The van der Waals surface area contributed by atoms with E-state index >= 15 is 0 Å².